The molecule has 2 aromatic heterocycles. The Hall–Kier alpha value is -3.42. The summed E-state index contributed by atoms with van der Waals surface area (Å²) in [5, 5.41) is 7.42. The van der Waals surface area contributed by atoms with Crippen LogP contribution in [0.5, 0.6) is 0 Å². The molecule has 3 aromatic rings. The smallest absolute Gasteiger partial charge is 0.217 e. The molecule has 1 fully saturated rings. The molecule has 0 unspecified atom stereocenters. The second kappa shape index (κ2) is 8.14. The fraction of sp³-hybridized carbons (Fsp3) is 0.364. The topological polar surface area (TPSA) is 109 Å². The molecule has 156 valence electrons. The second-order valence-corrected chi connectivity index (χ2v) is 7.85. The minimum atomic E-state index is -0.000724. The number of hydrogen-bond acceptors (Lipinski definition) is 7. The minimum Gasteiger partial charge on any atom is -0.399 e. The van der Waals surface area contributed by atoms with Gasteiger partial charge in [-0.2, -0.15) is 0 Å². The molecule has 0 aliphatic carbocycles. The predicted molar refractivity (Wildman–Crippen MR) is 119 cm³/mol. The van der Waals surface area contributed by atoms with Gasteiger partial charge in [0, 0.05) is 37.1 Å². The summed E-state index contributed by atoms with van der Waals surface area (Å²) in [6.45, 7) is 7.10. The predicted octanol–water partition coefficient (Wildman–Crippen LogP) is 2.80. The largest absolute Gasteiger partial charge is 0.399 e. The molecule has 0 spiro atoms. The van der Waals surface area contributed by atoms with E-state index in [1.807, 2.05) is 37.3 Å². The third-order valence-corrected chi connectivity index (χ3v) is 5.36. The van der Waals surface area contributed by atoms with Gasteiger partial charge in [0.1, 0.15) is 17.5 Å². The van der Waals surface area contributed by atoms with Gasteiger partial charge in [-0.05, 0) is 44.0 Å². The first-order chi connectivity index (χ1) is 14.4. The molecule has 1 saturated heterocycles. The number of rotatable bonds is 5. The number of nitrogen functional groups attached to an aromatic ring is 1. The van der Waals surface area contributed by atoms with Gasteiger partial charge >= 0.3 is 0 Å². The lowest BCUT2D eigenvalue weighted by Gasteiger charge is -2.20. The number of carbonyl (C=O) groups excluding carboxylic acids is 1. The minimum absolute atomic E-state index is 0.000724. The van der Waals surface area contributed by atoms with Crippen molar-refractivity contribution in [1.82, 2.24) is 20.3 Å². The molecule has 4 rings (SSSR count). The fourth-order valence-corrected chi connectivity index (χ4v) is 3.91. The number of anilines is 3. The molecule has 3 heterocycles. The maximum atomic E-state index is 11.4. The average molecular weight is 406 g/mol. The van der Waals surface area contributed by atoms with Crippen molar-refractivity contribution in [1.29, 1.82) is 0 Å². The second-order valence-electron chi connectivity index (χ2n) is 7.85. The van der Waals surface area contributed by atoms with Crippen LogP contribution in [0.15, 0.2) is 36.5 Å². The van der Waals surface area contributed by atoms with E-state index in [1.54, 1.807) is 13.1 Å². The van der Waals surface area contributed by atoms with E-state index in [1.165, 1.54) is 0 Å². The Morgan fingerprint density at radius 2 is 2.13 bits per heavy atom. The van der Waals surface area contributed by atoms with Gasteiger partial charge in [-0.3, -0.25) is 4.79 Å². The molecule has 8 heteroatoms. The highest BCUT2D eigenvalue weighted by Gasteiger charge is 2.24. The maximum absolute atomic E-state index is 11.4. The Labute approximate surface area is 175 Å². The van der Waals surface area contributed by atoms with Crippen LogP contribution >= 0.6 is 0 Å². The molecular formula is C22H27N7O. The molecule has 2 atom stereocenters. The van der Waals surface area contributed by atoms with Crippen LogP contribution in [-0.4, -0.2) is 40.0 Å². The van der Waals surface area contributed by atoms with Gasteiger partial charge in [-0.25, -0.2) is 15.0 Å². The van der Waals surface area contributed by atoms with Gasteiger partial charge in [-0.1, -0.05) is 12.1 Å². The molecule has 0 saturated carbocycles. The summed E-state index contributed by atoms with van der Waals surface area (Å²) in [5.41, 5.74) is 8.56. The van der Waals surface area contributed by atoms with Gasteiger partial charge in [0.2, 0.25) is 5.91 Å². The van der Waals surface area contributed by atoms with Gasteiger partial charge in [0.05, 0.1) is 17.8 Å². The summed E-state index contributed by atoms with van der Waals surface area (Å²) in [6.07, 6.45) is 2.70. The van der Waals surface area contributed by atoms with E-state index in [4.69, 9.17) is 5.73 Å². The summed E-state index contributed by atoms with van der Waals surface area (Å²) in [6, 6.07) is 10.0. The van der Waals surface area contributed by atoms with Crippen molar-refractivity contribution < 1.29 is 4.79 Å². The Morgan fingerprint density at radius 3 is 2.90 bits per heavy atom. The lowest BCUT2D eigenvalue weighted by atomic mass is 10.1. The number of nitrogens with zero attached hydrogens (tertiary/aromatic N) is 4. The first-order valence-corrected chi connectivity index (χ1v) is 10.2. The average Bonchev–Trinajstić information content (AvgIpc) is 3.15. The number of nitrogens with two attached hydrogens (primary N) is 1. The molecule has 1 aliphatic heterocycles. The van der Waals surface area contributed by atoms with Crippen LogP contribution < -0.4 is 21.3 Å². The van der Waals surface area contributed by atoms with Crippen molar-refractivity contribution in [3.63, 3.8) is 0 Å². The normalized spacial score (nSPS) is 17.2. The van der Waals surface area contributed by atoms with E-state index >= 15 is 0 Å². The highest BCUT2D eigenvalue weighted by molar-refractivity contribution is 5.90. The van der Waals surface area contributed by atoms with E-state index in [9.17, 15) is 4.79 Å². The molecule has 0 radical (unpaired) electrons. The summed E-state index contributed by atoms with van der Waals surface area (Å²) < 4.78 is 0. The fourth-order valence-electron chi connectivity index (χ4n) is 3.91. The van der Waals surface area contributed by atoms with E-state index < -0.39 is 0 Å². The standard InChI is InChI=1S/C22H27N7O/c1-13(16-5-4-6-17(23)9-16)25-22-19-10-21(24-11-20(19)26-14(2)27-22)29-8-7-18(12-29)28-15(3)30/h4-6,9-11,13,18H,7-8,12,23H2,1-3H3,(H,28,30)(H,25,26,27)/t13-,18-/m1/s1. The molecule has 0 bridgehead atoms. The molecule has 30 heavy (non-hydrogen) atoms. The van der Waals surface area contributed by atoms with Crippen molar-refractivity contribution in [2.45, 2.75) is 39.3 Å². The van der Waals surface area contributed by atoms with Crippen LogP contribution in [-0.2, 0) is 4.79 Å². The Bertz CT molecular complexity index is 1080. The van der Waals surface area contributed by atoms with Gasteiger partial charge < -0.3 is 21.3 Å². The first kappa shape index (κ1) is 19.9. The van der Waals surface area contributed by atoms with E-state index in [-0.39, 0.29) is 18.0 Å². The number of pyridine rings is 1. The number of benzene rings is 1. The molecule has 4 N–H and O–H groups in total. The lowest BCUT2D eigenvalue weighted by molar-refractivity contribution is -0.119. The zero-order valence-corrected chi connectivity index (χ0v) is 17.5. The van der Waals surface area contributed by atoms with Crippen LogP contribution in [0, 0.1) is 6.92 Å². The van der Waals surface area contributed by atoms with Crippen molar-refractivity contribution in [3.8, 4) is 0 Å². The SMILES string of the molecule is CC(=O)N[C@@H]1CCN(c2cc3c(N[C@H](C)c4cccc(N)c4)nc(C)nc3cn2)C1. The number of fused-ring (bicyclic) bond motifs is 1. The van der Waals surface area contributed by atoms with Crippen LogP contribution in [0.1, 0.15) is 37.7 Å². The number of amides is 1. The van der Waals surface area contributed by atoms with E-state index in [2.05, 4.69) is 37.4 Å². The van der Waals surface area contributed by atoms with Crippen molar-refractivity contribution >= 4 is 34.1 Å². The van der Waals surface area contributed by atoms with Crippen LogP contribution in [0.2, 0.25) is 0 Å². The first-order valence-electron chi connectivity index (χ1n) is 10.2. The number of carbonyl (C=O) groups is 1. The molecule has 1 amide bonds. The number of hydrogen-bond donors (Lipinski definition) is 3. The third kappa shape index (κ3) is 4.27. The van der Waals surface area contributed by atoms with Crippen LogP contribution in [0.25, 0.3) is 10.9 Å². The third-order valence-electron chi connectivity index (χ3n) is 5.36. The van der Waals surface area contributed by atoms with Gasteiger partial charge in [0.25, 0.3) is 0 Å². The maximum Gasteiger partial charge on any atom is 0.217 e. The quantitative estimate of drug-likeness (QED) is 0.560. The van der Waals surface area contributed by atoms with Gasteiger partial charge in [-0.15, -0.1) is 0 Å². The monoisotopic (exact) mass is 405 g/mol. The van der Waals surface area contributed by atoms with Crippen LogP contribution in [0.4, 0.5) is 17.3 Å². The van der Waals surface area contributed by atoms with Gasteiger partial charge in [0.15, 0.2) is 0 Å². The van der Waals surface area contributed by atoms with E-state index in [0.717, 1.165) is 53.3 Å². The summed E-state index contributed by atoms with van der Waals surface area (Å²) in [7, 11) is 0. The zero-order chi connectivity index (χ0) is 21.3. The molecule has 1 aliphatic rings. The molecular weight excluding hydrogens is 378 g/mol. The summed E-state index contributed by atoms with van der Waals surface area (Å²) >= 11 is 0. The van der Waals surface area contributed by atoms with Crippen molar-refractivity contribution in [2.24, 2.45) is 0 Å². The number of aromatic nitrogens is 3. The Balaban J connectivity index is 1.63. The lowest BCUT2D eigenvalue weighted by Crippen LogP contribution is -2.35. The summed E-state index contributed by atoms with van der Waals surface area (Å²) in [4.78, 5) is 27.4. The molecule has 8 nitrogen and oxygen atoms in total. The van der Waals surface area contributed by atoms with E-state index in [0.29, 0.717) is 5.82 Å². The molecule has 1 aromatic carbocycles. The number of aryl methyl sites for hydroxylation is 1. The Kier molecular flexibility index (Phi) is 5.39. The van der Waals surface area contributed by atoms with Crippen molar-refractivity contribution in [2.75, 3.05) is 29.0 Å². The highest BCUT2D eigenvalue weighted by atomic mass is 16.1. The Morgan fingerprint density at radius 1 is 1.30 bits per heavy atom. The van der Waals surface area contributed by atoms with Crippen molar-refractivity contribution in [3.05, 3.63) is 47.9 Å². The summed E-state index contributed by atoms with van der Waals surface area (Å²) in [5.74, 6) is 2.32. The highest BCUT2D eigenvalue weighted by Crippen LogP contribution is 2.29. The zero-order valence-electron chi connectivity index (χ0n) is 17.5. The van der Waals surface area contributed by atoms with Crippen LogP contribution in [0.3, 0.4) is 0 Å². The number of nitrogens with one attached hydrogen (secondary N) is 2.